The van der Waals surface area contributed by atoms with Crippen LogP contribution in [0.15, 0.2) is 30.6 Å². The number of carbonyl (C=O) groups is 1. The van der Waals surface area contributed by atoms with E-state index in [2.05, 4.69) is 20.6 Å². The first kappa shape index (κ1) is 21.0. The van der Waals surface area contributed by atoms with Crippen molar-refractivity contribution in [1.82, 2.24) is 29.9 Å². The second-order valence-corrected chi connectivity index (χ2v) is 9.40. The molecular weight excluding hydrogens is 437 g/mol. The van der Waals surface area contributed by atoms with E-state index >= 15 is 0 Å². The summed E-state index contributed by atoms with van der Waals surface area (Å²) in [7, 11) is 1.87. The molecular formula is C24H26FN7O2. The summed E-state index contributed by atoms with van der Waals surface area (Å²) in [5.41, 5.74) is 2.90. The Labute approximate surface area is 194 Å². The van der Waals surface area contributed by atoms with E-state index in [1.54, 1.807) is 6.20 Å². The average Bonchev–Trinajstić information content (AvgIpc) is 3.44. The summed E-state index contributed by atoms with van der Waals surface area (Å²) in [5, 5.41) is 22.1. The fourth-order valence-electron chi connectivity index (χ4n) is 5.92. The molecule has 3 aliphatic rings. The van der Waals surface area contributed by atoms with Gasteiger partial charge in [-0.05, 0) is 62.8 Å². The van der Waals surface area contributed by atoms with Gasteiger partial charge in [0.05, 0.1) is 17.8 Å². The first-order chi connectivity index (χ1) is 16.5. The minimum Gasteiger partial charge on any atom is -0.481 e. The van der Waals surface area contributed by atoms with Crippen LogP contribution in [-0.2, 0) is 11.3 Å². The lowest BCUT2D eigenvalue weighted by molar-refractivity contribution is -0.148. The summed E-state index contributed by atoms with van der Waals surface area (Å²) in [4.78, 5) is 24.2. The van der Waals surface area contributed by atoms with Gasteiger partial charge in [0.1, 0.15) is 17.0 Å². The molecule has 0 aromatic carbocycles. The molecule has 2 atom stereocenters. The van der Waals surface area contributed by atoms with E-state index in [9.17, 15) is 14.3 Å². The van der Waals surface area contributed by atoms with Crippen molar-refractivity contribution in [2.75, 3.05) is 12.4 Å². The number of carboxylic acids is 1. The number of hydrogen-bond acceptors (Lipinski definition) is 6. The second-order valence-electron chi connectivity index (χ2n) is 9.40. The highest BCUT2D eigenvalue weighted by atomic mass is 19.1. The maximum atomic E-state index is 14.0. The van der Waals surface area contributed by atoms with E-state index < -0.39 is 17.7 Å². The lowest BCUT2D eigenvalue weighted by Gasteiger charge is -2.47. The second kappa shape index (κ2) is 8.05. The van der Waals surface area contributed by atoms with E-state index in [4.69, 9.17) is 10.1 Å². The molecule has 0 spiro atoms. The topological polar surface area (TPSA) is 120 Å². The number of halogens is 1. The number of aliphatic carboxylic acids is 1. The van der Waals surface area contributed by atoms with Crippen LogP contribution in [-0.4, -0.2) is 48.7 Å². The van der Waals surface area contributed by atoms with Crippen LogP contribution in [0, 0.1) is 23.6 Å². The van der Waals surface area contributed by atoms with E-state index in [0.717, 1.165) is 36.9 Å². The Bertz CT molecular complexity index is 1390. The van der Waals surface area contributed by atoms with Crippen LogP contribution in [0.3, 0.4) is 0 Å². The zero-order valence-corrected chi connectivity index (χ0v) is 18.8. The summed E-state index contributed by atoms with van der Waals surface area (Å²) in [6, 6.07) is 5.15. The smallest absolute Gasteiger partial charge is 0.308 e. The molecule has 4 aromatic rings. The minimum absolute atomic E-state index is 0.187. The summed E-state index contributed by atoms with van der Waals surface area (Å²) in [6.07, 6.45) is 6.89. The molecule has 0 aliphatic heterocycles. The molecule has 3 fully saturated rings. The van der Waals surface area contributed by atoms with Gasteiger partial charge in [-0.3, -0.25) is 4.79 Å². The summed E-state index contributed by atoms with van der Waals surface area (Å²) in [5.74, 6) is -0.142. The normalized spacial score (nSPS) is 24.2. The number of aromatic amines is 1. The largest absolute Gasteiger partial charge is 0.481 e. The molecule has 9 nitrogen and oxygen atoms in total. The Morgan fingerprint density at radius 2 is 2.06 bits per heavy atom. The summed E-state index contributed by atoms with van der Waals surface area (Å²) < 4.78 is 15.8. The van der Waals surface area contributed by atoms with E-state index in [1.807, 2.05) is 23.7 Å². The van der Waals surface area contributed by atoms with Crippen molar-refractivity contribution in [3.63, 3.8) is 0 Å². The van der Waals surface area contributed by atoms with Crippen LogP contribution < -0.4 is 10.6 Å². The number of pyridine rings is 1. The van der Waals surface area contributed by atoms with Gasteiger partial charge in [-0.1, -0.05) is 0 Å². The number of carboxylic acid groups (broad SMARTS) is 1. The van der Waals surface area contributed by atoms with Crippen LogP contribution in [0.1, 0.15) is 31.4 Å². The van der Waals surface area contributed by atoms with Gasteiger partial charge >= 0.3 is 5.97 Å². The molecule has 4 aromatic heterocycles. The van der Waals surface area contributed by atoms with Gasteiger partial charge in [0.25, 0.3) is 0 Å². The lowest BCUT2D eigenvalue weighted by atomic mass is 9.61. The molecule has 0 radical (unpaired) electrons. The predicted molar refractivity (Wildman–Crippen MR) is 125 cm³/mol. The molecule has 3 saturated carbocycles. The number of fused-ring (bicyclic) bond motifs is 5. The molecule has 10 heteroatoms. The van der Waals surface area contributed by atoms with Gasteiger partial charge < -0.3 is 20.7 Å². The number of nitrogens with one attached hydrogen (secondary N) is 3. The molecule has 2 bridgehead atoms. The Morgan fingerprint density at radius 3 is 2.82 bits per heavy atom. The monoisotopic (exact) mass is 463 g/mol. The highest BCUT2D eigenvalue weighted by Gasteiger charge is 2.47. The van der Waals surface area contributed by atoms with Crippen LogP contribution >= 0.6 is 0 Å². The standard InChI is InChI=1S/C24H26FN7O2/c1-26-10-15-6-7-18-23(29-20-13-4-2-12(3-5-13)19(20)24(33)34)30-22(31-32(15)18)17-11-28-21-16(17)8-14(25)9-27-21/h6-9,11-13,19-20,26H,2-5,10H2,1H3,(H,27,28)(H,33,34)(H,29,30,31)/t12?,13?,19-,20?/m0/s1. The number of rotatable bonds is 6. The molecule has 3 aliphatic carbocycles. The van der Waals surface area contributed by atoms with E-state index in [0.29, 0.717) is 40.7 Å². The maximum absolute atomic E-state index is 14.0. The van der Waals surface area contributed by atoms with Crippen molar-refractivity contribution in [2.24, 2.45) is 17.8 Å². The van der Waals surface area contributed by atoms with Crippen LogP contribution in [0.2, 0.25) is 0 Å². The SMILES string of the molecule is CNCc1ccc2c(NC3C4CCC(CC4)[C@@H]3C(=O)O)nc(-c3c[nH]c4ncc(F)cc34)nn12. The van der Waals surface area contributed by atoms with Gasteiger partial charge in [-0.25, -0.2) is 18.9 Å². The summed E-state index contributed by atoms with van der Waals surface area (Å²) in [6.45, 7) is 0.597. The quantitative estimate of drug-likeness (QED) is 0.346. The Kier molecular flexibility index (Phi) is 4.98. The van der Waals surface area contributed by atoms with Crippen molar-refractivity contribution in [3.05, 3.63) is 42.1 Å². The number of aromatic nitrogens is 5. The third-order valence-corrected chi connectivity index (χ3v) is 7.49. The minimum atomic E-state index is -0.748. The Balaban J connectivity index is 1.49. The van der Waals surface area contributed by atoms with Crippen LogP contribution in [0.4, 0.5) is 10.2 Å². The average molecular weight is 464 g/mol. The first-order valence-electron chi connectivity index (χ1n) is 11.7. The van der Waals surface area contributed by atoms with Crippen molar-refractivity contribution in [2.45, 2.75) is 38.3 Å². The fourth-order valence-corrected chi connectivity index (χ4v) is 5.92. The molecule has 1 unspecified atom stereocenters. The summed E-state index contributed by atoms with van der Waals surface area (Å²) >= 11 is 0. The molecule has 7 rings (SSSR count). The first-order valence-corrected chi connectivity index (χ1v) is 11.7. The van der Waals surface area contributed by atoms with Gasteiger partial charge in [-0.2, -0.15) is 0 Å². The zero-order valence-electron chi connectivity index (χ0n) is 18.8. The van der Waals surface area contributed by atoms with Gasteiger partial charge in [-0.15, -0.1) is 5.10 Å². The number of H-pyrrole nitrogens is 1. The number of anilines is 1. The maximum Gasteiger partial charge on any atom is 0.308 e. The molecule has 0 saturated heterocycles. The molecule has 0 amide bonds. The van der Waals surface area contributed by atoms with Crippen LogP contribution in [0.25, 0.3) is 27.9 Å². The Morgan fingerprint density at radius 1 is 1.26 bits per heavy atom. The number of hydrogen-bond donors (Lipinski definition) is 4. The molecule has 176 valence electrons. The van der Waals surface area contributed by atoms with Gasteiger partial charge in [0, 0.05) is 29.7 Å². The third-order valence-electron chi connectivity index (χ3n) is 7.49. The number of nitrogens with zero attached hydrogens (tertiary/aromatic N) is 4. The molecule has 4 N–H and O–H groups in total. The van der Waals surface area contributed by atoms with Gasteiger partial charge in [0.15, 0.2) is 11.6 Å². The Hall–Kier alpha value is -3.53. The van der Waals surface area contributed by atoms with E-state index in [1.165, 1.54) is 12.3 Å². The van der Waals surface area contributed by atoms with Crippen molar-refractivity contribution < 1.29 is 14.3 Å². The zero-order chi connectivity index (χ0) is 23.4. The van der Waals surface area contributed by atoms with Crippen LogP contribution in [0.5, 0.6) is 0 Å². The predicted octanol–water partition coefficient (Wildman–Crippen LogP) is 3.43. The highest BCUT2D eigenvalue weighted by Crippen LogP contribution is 2.46. The molecule has 4 heterocycles. The highest BCUT2D eigenvalue weighted by molar-refractivity contribution is 5.92. The van der Waals surface area contributed by atoms with Crippen molar-refractivity contribution in [3.8, 4) is 11.4 Å². The van der Waals surface area contributed by atoms with Gasteiger partial charge in [0.2, 0.25) is 0 Å². The fraction of sp³-hybridized carbons (Fsp3) is 0.417. The molecule has 34 heavy (non-hydrogen) atoms. The van der Waals surface area contributed by atoms with E-state index in [-0.39, 0.29) is 12.0 Å². The van der Waals surface area contributed by atoms with Crippen molar-refractivity contribution >= 4 is 28.3 Å². The lowest BCUT2D eigenvalue weighted by Crippen LogP contribution is -2.51. The van der Waals surface area contributed by atoms with Crippen molar-refractivity contribution in [1.29, 1.82) is 0 Å². The third kappa shape index (κ3) is 3.32.